The second kappa shape index (κ2) is 7.98. The fraction of sp³-hybridized carbons (Fsp3) is 0.158. The van der Waals surface area contributed by atoms with E-state index in [0.717, 1.165) is 17.5 Å². The molecule has 0 aliphatic heterocycles. The fourth-order valence-electron chi connectivity index (χ4n) is 2.46. The first kappa shape index (κ1) is 19.2. The fourth-order valence-corrected chi connectivity index (χ4v) is 2.92. The molecule has 1 heterocycles. The number of hydrogen-bond donors (Lipinski definition) is 1. The van der Waals surface area contributed by atoms with Crippen molar-refractivity contribution in [1.29, 1.82) is 0 Å². The summed E-state index contributed by atoms with van der Waals surface area (Å²) < 4.78 is 24.0. The lowest BCUT2D eigenvalue weighted by Crippen LogP contribution is -2.31. The number of halogens is 3. The van der Waals surface area contributed by atoms with Gasteiger partial charge in [0.15, 0.2) is 6.61 Å². The number of hydrogen-bond acceptors (Lipinski definition) is 4. The largest absolute Gasteiger partial charge is 0.459 e. The number of carbonyl (C=O) groups is 2. The molecule has 1 amide bonds. The van der Waals surface area contributed by atoms with E-state index in [1.807, 2.05) is 30.3 Å². The number of ether oxygens (including phenoxy) is 1. The van der Waals surface area contributed by atoms with Crippen LogP contribution in [-0.2, 0) is 9.53 Å². The molecular formula is C19H14Cl2FNO4. The Morgan fingerprint density at radius 2 is 1.93 bits per heavy atom. The third-order valence-corrected chi connectivity index (χ3v) is 4.42. The van der Waals surface area contributed by atoms with E-state index in [0.29, 0.717) is 11.3 Å². The smallest absolute Gasteiger partial charge is 0.340 e. The van der Waals surface area contributed by atoms with Crippen molar-refractivity contribution in [2.45, 2.75) is 13.0 Å². The van der Waals surface area contributed by atoms with Crippen molar-refractivity contribution < 1.29 is 23.1 Å². The van der Waals surface area contributed by atoms with Crippen LogP contribution < -0.4 is 5.32 Å². The number of rotatable bonds is 5. The molecule has 0 saturated carbocycles. The van der Waals surface area contributed by atoms with Gasteiger partial charge in [-0.05, 0) is 31.2 Å². The summed E-state index contributed by atoms with van der Waals surface area (Å²) in [6.45, 7) is 1.19. The molecule has 3 rings (SSSR count). The molecule has 0 aliphatic rings. The summed E-state index contributed by atoms with van der Waals surface area (Å²) in [5.74, 6) is -1.71. The maximum atomic E-state index is 13.5. The molecule has 0 radical (unpaired) electrons. The molecule has 8 heteroatoms. The summed E-state index contributed by atoms with van der Waals surface area (Å²) in [5.41, 5.74) is 0.496. The summed E-state index contributed by atoms with van der Waals surface area (Å²) in [6.07, 6.45) is 0. The predicted octanol–water partition coefficient (Wildman–Crippen LogP) is 4.91. The molecule has 140 valence electrons. The van der Waals surface area contributed by atoms with E-state index in [4.69, 9.17) is 32.4 Å². The molecule has 0 aliphatic carbocycles. The third-order valence-electron chi connectivity index (χ3n) is 3.81. The van der Waals surface area contributed by atoms with Crippen molar-refractivity contribution in [3.8, 4) is 0 Å². The predicted molar refractivity (Wildman–Crippen MR) is 99.5 cm³/mol. The van der Waals surface area contributed by atoms with E-state index >= 15 is 0 Å². The van der Waals surface area contributed by atoms with Crippen LogP contribution in [0.5, 0.6) is 0 Å². The first-order valence-corrected chi connectivity index (χ1v) is 8.70. The van der Waals surface area contributed by atoms with Crippen LogP contribution >= 0.6 is 23.2 Å². The average molecular weight is 410 g/mol. The Morgan fingerprint density at radius 3 is 2.67 bits per heavy atom. The molecule has 0 unspecified atom stereocenters. The monoisotopic (exact) mass is 409 g/mol. The molecule has 1 aromatic heterocycles. The Kier molecular flexibility index (Phi) is 5.68. The zero-order valence-corrected chi connectivity index (χ0v) is 15.6. The van der Waals surface area contributed by atoms with Gasteiger partial charge in [0, 0.05) is 5.39 Å². The lowest BCUT2D eigenvalue weighted by molar-refractivity contribution is -0.125. The molecule has 1 atom stereocenters. The van der Waals surface area contributed by atoms with Crippen molar-refractivity contribution in [3.63, 3.8) is 0 Å². The summed E-state index contributed by atoms with van der Waals surface area (Å²) in [6, 6.07) is 10.8. The topological polar surface area (TPSA) is 68.5 Å². The van der Waals surface area contributed by atoms with E-state index in [9.17, 15) is 14.0 Å². The van der Waals surface area contributed by atoms with Crippen molar-refractivity contribution in [2.75, 3.05) is 6.61 Å². The van der Waals surface area contributed by atoms with E-state index in [2.05, 4.69) is 5.32 Å². The van der Waals surface area contributed by atoms with Crippen LogP contribution in [0, 0.1) is 5.82 Å². The normalized spacial score (nSPS) is 12.0. The zero-order chi connectivity index (χ0) is 19.6. The van der Waals surface area contributed by atoms with E-state index in [-0.39, 0.29) is 15.6 Å². The SMILES string of the molecule is C[C@@H](NC(=O)COC(=O)c1cc(F)c(Cl)cc1Cl)c1cc2ccccc2o1. The summed E-state index contributed by atoms with van der Waals surface area (Å²) >= 11 is 11.4. The quantitative estimate of drug-likeness (QED) is 0.479. The maximum Gasteiger partial charge on any atom is 0.340 e. The first-order valence-electron chi connectivity index (χ1n) is 7.94. The Morgan fingerprint density at radius 1 is 1.19 bits per heavy atom. The van der Waals surface area contributed by atoms with Gasteiger partial charge in [0.05, 0.1) is 21.7 Å². The minimum Gasteiger partial charge on any atom is -0.459 e. The number of benzene rings is 2. The van der Waals surface area contributed by atoms with E-state index < -0.39 is 30.3 Å². The number of fused-ring (bicyclic) bond motifs is 1. The lowest BCUT2D eigenvalue weighted by atomic mass is 10.2. The number of nitrogens with one attached hydrogen (secondary N) is 1. The Bertz CT molecular complexity index is 985. The zero-order valence-electron chi connectivity index (χ0n) is 14.1. The minimum absolute atomic E-state index is 0.0672. The standard InChI is InChI=1S/C19H14Cl2FNO4/c1-10(17-6-11-4-2-3-5-16(11)27-17)23-18(24)9-26-19(25)12-7-15(22)14(21)8-13(12)20/h2-8,10H,9H2,1H3,(H,23,24)/t10-/m1/s1. The van der Waals surface area contributed by atoms with Crippen LogP contribution in [0.1, 0.15) is 29.1 Å². The molecule has 3 aromatic rings. The number of amides is 1. The Labute approximate surface area is 164 Å². The van der Waals surface area contributed by atoms with Crippen LogP contribution in [-0.4, -0.2) is 18.5 Å². The van der Waals surface area contributed by atoms with Crippen molar-refractivity contribution >= 4 is 46.0 Å². The molecule has 0 saturated heterocycles. The maximum absolute atomic E-state index is 13.5. The van der Waals surface area contributed by atoms with Gasteiger partial charge in [-0.1, -0.05) is 41.4 Å². The highest BCUT2D eigenvalue weighted by Crippen LogP contribution is 2.25. The second-order valence-electron chi connectivity index (χ2n) is 5.80. The van der Waals surface area contributed by atoms with Gasteiger partial charge in [-0.25, -0.2) is 9.18 Å². The Hall–Kier alpha value is -2.57. The first-order chi connectivity index (χ1) is 12.8. The average Bonchev–Trinajstić information content (AvgIpc) is 3.07. The van der Waals surface area contributed by atoms with Gasteiger partial charge in [0.25, 0.3) is 5.91 Å². The molecule has 0 fully saturated rings. The van der Waals surface area contributed by atoms with Crippen LogP contribution in [0.4, 0.5) is 4.39 Å². The summed E-state index contributed by atoms with van der Waals surface area (Å²) in [4.78, 5) is 24.0. The Balaban J connectivity index is 1.59. The van der Waals surface area contributed by atoms with Crippen LogP contribution in [0.3, 0.4) is 0 Å². The summed E-state index contributed by atoms with van der Waals surface area (Å²) in [5, 5.41) is 3.30. The van der Waals surface area contributed by atoms with Gasteiger partial charge in [0.2, 0.25) is 0 Å². The van der Waals surface area contributed by atoms with Crippen molar-refractivity contribution in [2.24, 2.45) is 0 Å². The molecule has 0 spiro atoms. The van der Waals surface area contributed by atoms with Crippen molar-refractivity contribution in [3.05, 3.63) is 69.7 Å². The molecule has 2 aromatic carbocycles. The van der Waals surface area contributed by atoms with Gasteiger partial charge in [-0.3, -0.25) is 4.79 Å². The van der Waals surface area contributed by atoms with Gasteiger partial charge in [0.1, 0.15) is 17.2 Å². The van der Waals surface area contributed by atoms with E-state index in [1.54, 1.807) is 6.92 Å². The van der Waals surface area contributed by atoms with Crippen LogP contribution in [0.2, 0.25) is 10.0 Å². The highest BCUT2D eigenvalue weighted by atomic mass is 35.5. The summed E-state index contributed by atoms with van der Waals surface area (Å²) in [7, 11) is 0. The van der Waals surface area contributed by atoms with Gasteiger partial charge >= 0.3 is 5.97 Å². The van der Waals surface area contributed by atoms with Crippen molar-refractivity contribution in [1.82, 2.24) is 5.32 Å². The third kappa shape index (κ3) is 4.40. The number of esters is 1. The molecule has 0 bridgehead atoms. The number of para-hydroxylation sites is 1. The minimum atomic E-state index is -0.929. The van der Waals surface area contributed by atoms with Gasteiger partial charge in [-0.15, -0.1) is 0 Å². The number of carbonyl (C=O) groups excluding carboxylic acids is 2. The molecule has 5 nitrogen and oxygen atoms in total. The molecule has 1 N–H and O–H groups in total. The van der Waals surface area contributed by atoms with Crippen LogP contribution in [0.15, 0.2) is 46.9 Å². The van der Waals surface area contributed by atoms with Crippen LogP contribution in [0.25, 0.3) is 11.0 Å². The molecule has 27 heavy (non-hydrogen) atoms. The second-order valence-corrected chi connectivity index (χ2v) is 6.61. The highest BCUT2D eigenvalue weighted by molar-refractivity contribution is 6.36. The van der Waals surface area contributed by atoms with Gasteiger partial charge in [-0.2, -0.15) is 0 Å². The number of furan rings is 1. The highest BCUT2D eigenvalue weighted by Gasteiger charge is 2.19. The lowest BCUT2D eigenvalue weighted by Gasteiger charge is -2.12. The van der Waals surface area contributed by atoms with Gasteiger partial charge < -0.3 is 14.5 Å². The molecular weight excluding hydrogens is 396 g/mol. The van der Waals surface area contributed by atoms with E-state index in [1.165, 1.54) is 0 Å².